The number of anilines is 2. The molecular weight excluding hydrogens is 330 g/mol. The lowest BCUT2D eigenvalue weighted by molar-refractivity contribution is 0.0696. The van der Waals surface area contributed by atoms with Crippen molar-refractivity contribution in [1.82, 2.24) is 9.97 Å². The summed E-state index contributed by atoms with van der Waals surface area (Å²) < 4.78 is 6.02. The molecular formula is C20H27N3O3. The molecule has 0 aliphatic heterocycles. The molecule has 0 spiro atoms. The Hall–Kier alpha value is -2.63. The number of hydrogen-bond acceptors (Lipinski definition) is 5. The van der Waals surface area contributed by atoms with Gasteiger partial charge in [-0.3, -0.25) is 0 Å². The van der Waals surface area contributed by atoms with Gasteiger partial charge in [0.05, 0.1) is 11.7 Å². The predicted octanol–water partition coefficient (Wildman–Crippen LogP) is 4.63. The summed E-state index contributed by atoms with van der Waals surface area (Å²) in [5, 5.41) is 9.03. The molecule has 0 radical (unpaired) electrons. The number of benzene rings is 1. The Morgan fingerprint density at radius 2 is 1.69 bits per heavy atom. The van der Waals surface area contributed by atoms with Crippen molar-refractivity contribution in [2.24, 2.45) is 0 Å². The number of rotatable bonds is 7. The van der Waals surface area contributed by atoms with Crippen molar-refractivity contribution in [3.8, 4) is 5.75 Å². The molecule has 0 fully saturated rings. The molecule has 0 aliphatic carbocycles. The van der Waals surface area contributed by atoms with Gasteiger partial charge in [-0.25, -0.2) is 14.8 Å². The van der Waals surface area contributed by atoms with E-state index in [9.17, 15) is 4.79 Å². The van der Waals surface area contributed by atoms with Crippen LogP contribution in [-0.2, 0) is 0 Å². The highest BCUT2D eigenvalue weighted by molar-refractivity contribution is 5.86. The van der Waals surface area contributed by atoms with Crippen LogP contribution in [-0.4, -0.2) is 33.2 Å². The predicted molar refractivity (Wildman–Crippen MR) is 103 cm³/mol. The second-order valence-electron chi connectivity index (χ2n) is 7.08. The van der Waals surface area contributed by atoms with Crippen LogP contribution in [0, 0.1) is 0 Å². The Labute approximate surface area is 154 Å². The Balaban J connectivity index is 2.48. The minimum absolute atomic E-state index is 0.0661. The van der Waals surface area contributed by atoms with Crippen molar-refractivity contribution in [1.29, 1.82) is 0 Å². The van der Waals surface area contributed by atoms with Crippen molar-refractivity contribution >= 4 is 17.6 Å². The van der Waals surface area contributed by atoms with Gasteiger partial charge in [-0.05, 0) is 45.2 Å². The largest absolute Gasteiger partial charge is 0.491 e. The molecule has 0 saturated carbocycles. The van der Waals surface area contributed by atoms with Gasteiger partial charge in [0, 0.05) is 30.2 Å². The second kappa shape index (κ2) is 8.17. The van der Waals surface area contributed by atoms with Crippen molar-refractivity contribution < 1.29 is 14.6 Å². The highest BCUT2D eigenvalue weighted by atomic mass is 16.5. The standard InChI is InChI=1S/C20H27N3O3/c1-12(2)17-8-7-16(9-18(17)26-14(5)6)23(13(3)4)20-21-10-15(11-22-20)19(24)25/h7-14H,1-6H3,(H,24,25). The minimum atomic E-state index is -1.04. The Bertz CT molecular complexity index is 755. The van der Waals surface area contributed by atoms with E-state index in [-0.39, 0.29) is 17.7 Å². The summed E-state index contributed by atoms with van der Waals surface area (Å²) in [6.45, 7) is 12.4. The third kappa shape index (κ3) is 4.50. The molecule has 0 unspecified atom stereocenters. The summed E-state index contributed by atoms with van der Waals surface area (Å²) in [5.41, 5.74) is 2.12. The fourth-order valence-corrected chi connectivity index (χ4v) is 2.71. The maximum Gasteiger partial charge on any atom is 0.338 e. The summed E-state index contributed by atoms with van der Waals surface area (Å²) in [7, 11) is 0. The van der Waals surface area contributed by atoms with E-state index in [1.165, 1.54) is 12.4 Å². The molecule has 6 nitrogen and oxygen atoms in total. The maximum atomic E-state index is 11.0. The molecule has 0 atom stereocenters. The van der Waals surface area contributed by atoms with E-state index in [4.69, 9.17) is 9.84 Å². The molecule has 0 saturated heterocycles. The third-order valence-corrected chi connectivity index (χ3v) is 3.88. The molecule has 0 aliphatic rings. The first-order chi connectivity index (χ1) is 12.2. The van der Waals surface area contributed by atoms with E-state index < -0.39 is 5.97 Å². The maximum absolute atomic E-state index is 11.0. The average Bonchev–Trinajstić information content (AvgIpc) is 2.54. The van der Waals surface area contributed by atoms with Crippen molar-refractivity contribution in [2.75, 3.05) is 4.90 Å². The van der Waals surface area contributed by atoms with Crippen LogP contribution in [0.2, 0.25) is 0 Å². The van der Waals surface area contributed by atoms with Crippen LogP contribution in [0.5, 0.6) is 5.75 Å². The van der Waals surface area contributed by atoms with E-state index >= 15 is 0 Å². The van der Waals surface area contributed by atoms with Crippen molar-refractivity contribution in [3.05, 3.63) is 41.7 Å². The molecule has 6 heteroatoms. The van der Waals surface area contributed by atoms with E-state index in [1.807, 2.05) is 44.7 Å². The molecule has 1 heterocycles. The molecule has 0 amide bonds. The molecule has 1 aromatic carbocycles. The normalized spacial score (nSPS) is 11.3. The number of aromatic carboxylic acids is 1. The highest BCUT2D eigenvalue weighted by Crippen LogP contribution is 2.34. The number of carboxylic acid groups (broad SMARTS) is 1. The molecule has 26 heavy (non-hydrogen) atoms. The lowest BCUT2D eigenvalue weighted by Crippen LogP contribution is -2.27. The Morgan fingerprint density at radius 1 is 1.08 bits per heavy atom. The van der Waals surface area contributed by atoms with Gasteiger partial charge in [-0.1, -0.05) is 19.9 Å². The van der Waals surface area contributed by atoms with Crippen molar-refractivity contribution in [2.45, 2.75) is 59.6 Å². The molecule has 140 valence electrons. The number of nitrogens with zero attached hydrogens (tertiary/aromatic N) is 3. The second-order valence-corrected chi connectivity index (χ2v) is 7.08. The van der Waals surface area contributed by atoms with Gasteiger partial charge in [0.15, 0.2) is 0 Å². The average molecular weight is 357 g/mol. The highest BCUT2D eigenvalue weighted by Gasteiger charge is 2.19. The van der Waals surface area contributed by atoms with Gasteiger partial charge in [0.2, 0.25) is 5.95 Å². The number of hydrogen-bond donors (Lipinski definition) is 1. The Morgan fingerprint density at radius 3 is 2.15 bits per heavy atom. The lowest BCUT2D eigenvalue weighted by atomic mass is 10.0. The van der Waals surface area contributed by atoms with Gasteiger partial charge in [-0.15, -0.1) is 0 Å². The monoisotopic (exact) mass is 357 g/mol. The van der Waals surface area contributed by atoms with Gasteiger partial charge < -0.3 is 14.7 Å². The fourth-order valence-electron chi connectivity index (χ4n) is 2.71. The van der Waals surface area contributed by atoms with Gasteiger partial charge >= 0.3 is 5.97 Å². The summed E-state index contributed by atoms with van der Waals surface area (Å²) in [6, 6.07) is 6.18. The topological polar surface area (TPSA) is 75.5 Å². The third-order valence-electron chi connectivity index (χ3n) is 3.88. The number of carbonyl (C=O) groups is 1. The van der Waals surface area contributed by atoms with E-state index in [2.05, 4.69) is 29.9 Å². The summed E-state index contributed by atoms with van der Waals surface area (Å²) in [6.07, 6.45) is 2.73. The molecule has 2 rings (SSSR count). The van der Waals surface area contributed by atoms with Gasteiger partial charge in [0.1, 0.15) is 5.75 Å². The van der Waals surface area contributed by atoms with Crippen LogP contribution in [0.4, 0.5) is 11.6 Å². The zero-order valence-electron chi connectivity index (χ0n) is 16.2. The lowest BCUT2D eigenvalue weighted by Gasteiger charge is -2.28. The zero-order valence-corrected chi connectivity index (χ0v) is 16.2. The minimum Gasteiger partial charge on any atom is -0.491 e. The molecule has 0 bridgehead atoms. The summed E-state index contributed by atoms with van der Waals surface area (Å²) in [5.74, 6) is 0.607. The van der Waals surface area contributed by atoms with E-state index in [0.29, 0.717) is 11.9 Å². The van der Waals surface area contributed by atoms with Crippen LogP contribution in [0.15, 0.2) is 30.6 Å². The van der Waals surface area contributed by atoms with Crippen LogP contribution in [0.25, 0.3) is 0 Å². The van der Waals surface area contributed by atoms with Crippen LogP contribution < -0.4 is 9.64 Å². The smallest absolute Gasteiger partial charge is 0.338 e. The zero-order chi connectivity index (χ0) is 19.4. The first-order valence-corrected chi connectivity index (χ1v) is 8.85. The Kier molecular flexibility index (Phi) is 6.18. The van der Waals surface area contributed by atoms with Gasteiger partial charge in [-0.2, -0.15) is 0 Å². The van der Waals surface area contributed by atoms with Crippen LogP contribution in [0.1, 0.15) is 63.4 Å². The molecule has 1 aromatic heterocycles. The molecule has 1 N–H and O–H groups in total. The van der Waals surface area contributed by atoms with Crippen LogP contribution in [0.3, 0.4) is 0 Å². The number of ether oxygens (including phenoxy) is 1. The SMILES string of the molecule is CC(C)Oc1cc(N(c2ncc(C(=O)O)cn2)C(C)C)ccc1C(C)C. The van der Waals surface area contributed by atoms with Crippen molar-refractivity contribution in [3.63, 3.8) is 0 Å². The quantitative estimate of drug-likeness (QED) is 0.778. The summed E-state index contributed by atoms with van der Waals surface area (Å²) >= 11 is 0. The van der Waals surface area contributed by atoms with E-state index in [1.54, 1.807) is 0 Å². The first-order valence-electron chi connectivity index (χ1n) is 8.85. The molecule has 2 aromatic rings. The van der Waals surface area contributed by atoms with E-state index in [0.717, 1.165) is 17.0 Å². The van der Waals surface area contributed by atoms with Gasteiger partial charge in [0.25, 0.3) is 0 Å². The fraction of sp³-hybridized carbons (Fsp3) is 0.450. The number of aromatic nitrogens is 2. The van der Waals surface area contributed by atoms with Crippen LogP contribution >= 0.6 is 0 Å². The first kappa shape index (κ1) is 19.7. The summed E-state index contributed by atoms with van der Waals surface area (Å²) in [4.78, 5) is 21.5. The number of carboxylic acids is 1.